The number of alkyl halides is 1. The molecule has 0 fully saturated rings. The molecule has 0 atom stereocenters. The van der Waals surface area contributed by atoms with Gasteiger partial charge in [0.2, 0.25) is 5.91 Å². The number of hydrogen-bond donors (Lipinski definition) is 1. The highest BCUT2D eigenvalue weighted by Gasteiger charge is 2.07. The summed E-state index contributed by atoms with van der Waals surface area (Å²) in [6, 6.07) is 5.01. The number of halogens is 1. The fraction of sp³-hybridized carbons (Fsp3) is 0.222. The monoisotopic (exact) mass is 224 g/mol. The first kappa shape index (κ1) is 11.4. The molecule has 0 heterocycles. The molecule has 1 aromatic carbocycles. The van der Waals surface area contributed by atoms with E-state index in [1.807, 2.05) is 0 Å². The van der Waals surface area contributed by atoms with Crippen LogP contribution in [0.2, 0.25) is 0 Å². The second-order valence-corrected chi connectivity index (χ2v) is 3.15. The van der Waals surface area contributed by atoms with Gasteiger partial charge in [0.25, 0.3) is 0 Å². The maximum atomic E-state index is 11.0. The van der Waals surface area contributed by atoms with Crippen molar-refractivity contribution in [3.8, 4) is 0 Å². The molecule has 0 saturated carbocycles. The second kappa shape index (κ2) is 5.24. The van der Waals surface area contributed by atoms with E-state index in [0.717, 1.165) is 5.56 Å². The van der Waals surface area contributed by atoms with Crippen molar-refractivity contribution >= 4 is 17.5 Å². The number of amides is 1. The van der Waals surface area contributed by atoms with Crippen LogP contribution in [0.15, 0.2) is 23.3 Å². The molecule has 0 aromatic heterocycles. The van der Waals surface area contributed by atoms with E-state index in [2.05, 4.69) is 10.0 Å². The average molecular weight is 225 g/mol. The van der Waals surface area contributed by atoms with Gasteiger partial charge in [0.1, 0.15) is 0 Å². The maximum absolute atomic E-state index is 11.0. The first-order chi connectivity index (χ1) is 7.19. The van der Waals surface area contributed by atoms with Crippen LogP contribution < -0.4 is 5.73 Å². The van der Waals surface area contributed by atoms with Gasteiger partial charge in [0.15, 0.2) is 0 Å². The number of hydrogen-bond acceptors (Lipinski definition) is 2. The summed E-state index contributed by atoms with van der Waals surface area (Å²) in [5, 5.41) is 3.39. The minimum atomic E-state index is -0.542. The zero-order valence-corrected chi connectivity index (χ0v) is 8.61. The first-order valence-electron chi connectivity index (χ1n) is 4.17. The maximum Gasteiger partial charge on any atom is 0.248 e. The van der Waals surface area contributed by atoms with Crippen LogP contribution in [-0.4, -0.2) is 5.91 Å². The highest BCUT2D eigenvalue weighted by molar-refractivity contribution is 6.17. The average Bonchev–Trinajstić information content (AvgIpc) is 2.25. The lowest BCUT2D eigenvalue weighted by atomic mass is 10.0. The van der Waals surface area contributed by atoms with E-state index in [0.29, 0.717) is 17.0 Å². The number of rotatable bonds is 4. The van der Waals surface area contributed by atoms with E-state index in [9.17, 15) is 4.79 Å². The largest absolute Gasteiger partial charge is 0.366 e. The number of nitrogens with zero attached hydrogens (tertiary/aromatic N) is 3. The Labute approximate surface area is 91.5 Å². The summed E-state index contributed by atoms with van der Waals surface area (Å²) in [4.78, 5) is 13.7. The molecule has 2 N–H and O–H groups in total. The van der Waals surface area contributed by atoms with Crippen LogP contribution in [0.3, 0.4) is 0 Å². The summed E-state index contributed by atoms with van der Waals surface area (Å²) in [6.45, 7) is 0.0967. The van der Waals surface area contributed by atoms with Crippen molar-refractivity contribution in [3.05, 3.63) is 45.3 Å². The molecule has 5 nitrogen and oxygen atoms in total. The minimum absolute atomic E-state index is 0.0967. The molecule has 6 heteroatoms. The van der Waals surface area contributed by atoms with Crippen LogP contribution in [0, 0.1) is 0 Å². The molecule has 78 valence electrons. The highest BCUT2D eigenvalue weighted by atomic mass is 35.5. The number of nitrogens with two attached hydrogens (primary N) is 1. The summed E-state index contributed by atoms with van der Waals surface area (Å²) in [5.74, 6) is -0.207. The molecule has 0 spiro atoms. The lowest BCUT2D eigenvalue weighted by Gasteiger charge is -2.05. The summed E-state index contributed by atoms with van der Waals surface area (Å²) in [5.41, 5.74) is 15.2. The summed E-state index contributed by atoms with van der Waals surface area (Å²) < 4.78 is 0. The van der Waals surface area contributed by atoms with E-state index in [1.165, 1.54) is 0 Å². The van der Waals surface area contributed by atoms with E-state index in [-0.39, 0.29) is 6.54 Å². The molecule has 1 amide bonds. The minimum Gasteiger partial charge on any atom is -0.366 e. The molecule has 15 heavy (non-hydrogen) atoms. The van der Waals surface area contributed by atoms with Crippen molar-refractivity contribution in [2.45, 2.75) is 12.4 Å². The van der Waals surface area contributed by atoms with Crippen LogP contribution in [0.1, 0.15) is 21.5 Å². The van der Waals surface area contributed by atoms with Crippen molar-refractivity contribution in [1.82, 2.24) is 0 Å². The van der Waals surface area contributed by atoms with Crippen molar-refractivity contribution in [1.29, 1.82) is 0 Å². The Morgan fingerprint density at radius 1 is 1.60 bits per heavy atom. The predicted octanol–water partition coefficient (Wildman–Crippen LogP) is 2.33. The van der Waals surface area contributed by atoms with Gasteiger partial charge in [-0.25, -0.2) is 0 Å². The normalized spacial score (nSPS) is 9.40. The molecule has 0 bridgehead atoms. The standard InChI is InChI=1S/C9H9ClN4O/c10-4-6-1-2-8(9(11)15)7(3-6)5-13-14-12/h1-3H,4-5H2,(H2,11,15). The van der Waals surface area contributed by atoms with Crippen molar-refractivity contribution in [3.63, 3.8) is 0 Å². The molecule has 0 aliphatic rings. The van der Waals surface area contributed by atoms with Crippen molar-refractivity contribution in [2.75, 3.05) is 0 Å². The smallest absolute Gasteiger partial charge is 0.248 e. The Hall–Kier alpha value is -1.71. The number of azide groups is 1. The predicted molar refractivity (Wildman–Crippen MR) is 57.4 cm³/mol. The molecule has 0 radical (unpaired) electrons. The van der Waals surface area contributed by atoms with E-state index in [4.69, 9.17) is 22.9 Å². The summed E-state index contributed by atoms with van der Waals surface area (Å²) >= 11 is 5.65. The van der Waals surface area contributed by atoms with Gasteiger partial charge in [-0.2, -0.15) is 0 Å². The van der Waals surface area contributed by atoms with Gasteiger partial charge in [0.05, 0.1) is 6.54 Å². The lowest BCUT2D eigenvalue weighted by Crippen LogP contribution is -2.13. The van der Waals surface area contributed by atoms with Crippen LogP contribution in [0.5, 0.6) is 0 Å². The zero-order chi connectivity index (χ0) is 11.3. The van der Waals surface area contributed by atoms with Gasteiger partial charge in [-0.15, -0.1) is 11.6 Å². The lowest BCUT2D eigenvalue weighted by molar-refractivity contribution is 0.0999. The van der Waals surface area contributed by atoms with Crippen molar-refractivity contribution < 1.29 is 4.79 Å². The van der Waals surface area contributed by atoms with E-state index >= 15 is 0 Å². The SMILES string of the molecule is [N-]=[N+]=NCc1cc(CCl)ccc1C(N)=O. The molecule has 0 saturated heterocycles. The number of carbonyl (C=O) groups excluding carboxylic acids is 1. The zero-order valence-electron chi connectivity index (χ0n) is 7.85. The Morgan fingerprint density at radius 2 is 2.33 bits per heavy atom. The third-order valence-electron chi connectivity index (χ3n) is 1.89. The van der Waals surface area contributed by atoms with Crippen LogP contribution in [0.25, 0.3) is 10.4 Å². The molecule has 0 aliphatic carbocycles. The van der Waals surface area contributed by atoms with Gasteiger partial charge >= 0.3 is 0 Å². The van der Waals surface area contributed by atoms with Crippen molar-refractivity contribution in [2.24, 2.45) is 10.8 Å². The number of benzene rings is 1. The van der Waals surface area contributed by atoms with E-state index in [1.54, 1.807) is 18.2 Å². The first-order valence-corrected chi connectivity index (χ1v) is 4.71. The van der Waals surface area contributed by atoms with Gasteiger partial charge < -0.3 is 5.73 Å². The topological polar surface area (TPSA) is 91.8 Å². The van der Waals surface area contributed by atoms with Gasteiger partial charge in [-0.3, -0.25) is 4.79 Å². The number of primary amides is 1. The second-order valence-electron chi connectivity index (χ2n) is 2.88. The van der Waals surface area contributed by atoms with Gasteiger partial charge in [0, 0.05) is 16.4 Å². The molecular weight excluding hydrogens is 216 g/mol. The molecular formula is C9H9ClN4O. The Bertz CT molecular complexity index is 426. The van der Waals surface area contributed by atoms with Crippen LogP contribution in [-0.2, 0) is 12.4 Å². The molecule has 1 aromatic rings. The molecule has 0 aliphatic heterocycles. The van der Waals surface area contributed by atoms with Gasteiger partial charge in [-0.05, 0) is 22.7 Å². The summed E-state index contributed by atoms with van der Waals surface area (Å²) in [6.07, 6.45) is 0. The third-order valence-corrected chi connectivity index (χ3v) is 2.20. The third kappa shape index (κ3) is 2.87. The van der Waals surface area contributed by atoms with E-state index < -0.39 is 5.91 Å². The molecule has 1 rings (SSSR count). The fourth-order valence-electron chi connectivity index (χ4n) is 1.21. The number of carbonyl (C=O) groups is 1. The Kier molecular flexibility index (Phi) is 3.97. The van der Waals surface area contributed by atoms with Gasteiger partial charge in [-0.1, -0.05) is 17.2 Å². The fourth-order valence-corrected chi connectivity index (χ4v) is 1.38. The highest BCUT2D eigenvalue weighted by Crippen LogP contribution is 2.14. The Morgan fingerprint density at radius 3 is 2.87 bits per heavy atom. The van der Waals surface area contributed by atoms with Crippen LogP contribution in [0.4, 0.5) is 0 Å². The summed E-state index contributed by atoms with van der Waals surface area (Å²) in [7, 11) is 0. The quantitative estimate of drug-likeness (QED) is 0.361. The molecule has 0 unspecified atom stereocenters. The Balaban J connectivity index is 3.15. The van der Waals surface area contributed by atoms with Crippen LogP contribution >= 0.6 is 11.6 Å².